The normalized spacial score (nSPS) is 12.2. The number of rotatable bonds is 7. The fourth-order valence-corrected chi connectivity index (χ4v) is 4.22. The average Bonchev–Trinajstić information content (AvgIpc) is 3.08. The molecule has 0 aliphatic carbocycles. The van der Waals surface area contributed by atoms with Gasteiger partial charge in [0, 0.05) is 18.5 Å². The molecular weight excluding hydrogens is 525 g/mol. The first-order chi connectivity index (χ1) is 14.1. The van der Waals surface area contributed by atoms with E-state index in [1.54, 1.807) is 44.2 Å². The smallest absolute Gasteiger partial charge is 0.371 e. The van der Waals surface area contributed by atoms with E-state index in [0.717, 1.165) is 0 Å². The number of carboxylic acid groups (broad SMARTS) is 1. The fourth-order valence-electron chi connectivity index (χ4n) is 2.77. The maximum atomic E-state index is 14.2. The van der Waals surface area contributed by atoms with Gasteiger partial charge in [0.25, 0.3) is 5.91 Å². The van der Waals surface area contributed by atoms with Gasteiger partial charge in [-0.2, -0.15) is 0 Å². The number of nitrogens with one attached hydrogen (secondary N) is 2. The first kappa shape index (κ1) is 22.2. The maximum absolute atomic E-state index is 14.2. The van der Waals surface area contributed by atoms with Gasteiger partial charge in [0.15, 0.2) is 11.9 Å². The molecule has 0 saturated heterocycles. The van der Waals surface area contributed by atoms with E-state index in [9.17, 15) is 14.0 Å². The van der Waals surface area contributed by atoms with Crippen LogP contribution in [0.1, 0.15) is 30.0 Å². The molecule has 1 amide bonds. The summed E-state index contributed by atoms with van der Waals surface area (Å²) in [5.41, 5.74) is 1.63. The number of H-pyrrole nitrogens is 1. The minimum Gasteiger partial charge on any atom is -0.475 e. The second-order valence-electron chi connectivity index (χ2n) is 6.90. The number of fused-ring (bicyclic) bond motifs is 1. The van der Waals surface area contributed by atoms with Gasteiger partial charge >= 0.3 is 5.97 Å². The molecule has 1 heterocycles. The van der Waals surface area contributed by atoms with Gasteiger partial charge < -0.3 is 20.1 Å². The lowest BCUT2D eigenvalue weighted by molar-refractivity contribution is -0.126. The van der Waals surface area contributed by atoms with E-state index >= 15 is 0 Å². The number of carbonyl (C=O) groups is 2. The number of amides is 1. The molecule has 30 heavy (non-hydrogen) atoms. The molecule has 158 valence electrons. The Hall–Kier alpha value is -2.46. The first-order valence-corrected chi connectivity index (χ1v) is 10.6. The fraction of sp³-hybridized carbons (Fsp3) is 0.250. The number of ether oxygens (including phenoxy) is 1. The zero-order valence-electron chi connectivity index (χ0n) is 16.0. The van der Waals surface area contributed by atoms with Crippen molar-refractivity contribution in [3.63, 3.8) is 0 Å². The summed E-state index contributed by atoms with van der Waals surface area (Å²) < 4.78 is 21.3. The molecule has 2 aromatic carbocycles. The van der Waals surface area contributed by atoms with Gasteiger partial charge in [-0.3, -0.25) is 4.79 Å². The predicted molar refractivity (Wildman–Crippen MR) is 117 cm³/mol. The van der Waals surface area contributed by atoms with Crippen LogP contribution in [-0.2, 0) is 11.2 Å². The summed E-state index contributed by atoms with van der Waals surface area (Å²) in [5, 5.41) is 11.6. The number of imidazole rings is 1. The van der Waals surface area contributed by atoms with E-state index in [-0.39, 0.29) is 18.3 Å². The van der Waals surface area contributed by atoms with Gasteiger partial charge in [0.1, 0.15) is 5.75 Å². The van der Waals surface area contributed by atoms with E-state index < -0.39 is 18.0 Å². The summed E-state index contributed by atoms with van der Waals surface area (Å²) in [6.07, 6.45) is -1.74. The molecule has 10 heteroatoms. The second kappa shape index (κ2) is 9.13. The summed E-state index contributed by atoms with van der Waals surface area (Å²) in [6.45, 7) is 3.54. The number of hydrogen-bond acceptors (Lipinski definition) is 4. The molecule has 1 aromatic heterocycles. The van der Waals surface area contributed by atoms with Crippen LogP contribution >= 0.6 is 31.9 Å². The number of aromatic carboxylic acids is 1. The molecular formula is C20H18Br2FN3O4. The molecule has 0 fully saturated rings. The van der Waals surface area contributed by atoms with Gasteiger partial charge in [-0.1, -0.05) is 0 Å². The number of halogens is 3. The van der Waals surface area contributed by atoms with Gasteiger partial charge in [0.2, 0.25) is 5.82 Å². The Morgan fingerprint density at radius 3 is 2.50 bits per heavy atom. The second-order valence-corrected chi connectivity index (χ2v) is 8.60. The topological polar surface area (TPSA) is 104 Å². The van der Waals surface area contributed by atoms with Crippen molar-refractivity contribution >= 4 is 54.8 Å². The van der Waals surface area contributed by atoms with E-state index in [0.29, 0.717) is 37.0 Å². The summed E-state index contributed by atoms with van der Waals surface area (Å²) >= 11 is 6.84. The molecule has 1 atom stereocenters. The molecule has 0 spiro atoms. The average molecular weight is 543 g/mol. The Kier molecular flexibility index (Phi) is 6.77. The van der Waals surface area contributed by atoms with Crippen LogP contribution < -0.4 is 10.1 Å². The molecule has 0 saturated carbocycles. The van der Waals surface area contributed by atoms with Crippen molar-refractivity contribution in [2.75, 3.05) is 0 Å². The number of aromatic amines is 1. The number of aromatic nitrogens is 2. The number of hydrogen-bond donors (Lipinski definition) is 3. The molecule has 0 radical (unpaired) electrons. The third-order valence-corrected chi connectivity index (χ3v) is 5.24. The van der Waals surface area contributed by atoms with Crippen LogP contribution in [0.5, 0.6) is 11.5 Å². The van der Waals surface area contributed by atoms with Crippen LogP contribution in [0.3, 0.4) is 0 Å². The van der Waals surface area contributed by atoms with Gasteiger partial charge in [-0.25, -0.2) is 14.2 Å². The van der Waals surface area contributed by atoms with E-state index in [2.05, 4.69) is 47.1 Å². The SMILES string of the molecule is CC(C)NC(=O)C(F)Cc1cc(Br)c(Oc2ccc3nc(C(=O)O)[nH]c3c2)c(Br)c1. The van der Waals surface area contributed by atoms with Crippen LogP contribution in [0, 0.1) is 0 Å². The zero-order valence-corrected chi connectivity index (χ0v) is 19.2. The molecule has 0 aliphatic rings. The number of benzene rings is 2. The van der Waals surface area contributed by atoms with Crippen molar-refractivity contribution in [3.05, 3.63) is 50.7 Å². The number of alkyl halides is 1. The molecule has 7 nitrogen and oxygen atoms in total. The monoisotopic (exact) mass is 541 g/mol. The standard InChI is InChI=1S/C20H18Br2FN3O4/c1-9(2)24-19(27)14(23)7-10-5-12(21)17(13(22)6-10)30-11-3-4-15-16(8-11)26-18(25-15)20(28)29/h3-6,8-9,14H,7H2,1-2H3,(H,24,27)(H,25,26)(H,28,29). The Morgan fingerprint density at radius 1 is 1.23 bits per heavy atom. The molecule has 3 N–H and O–H groups in total. The Balaban J connectivity index is 1.79. The van der Waals surface area contributed by atoms with Crippen LogP contribution in [0.2, 0.25) is 0 Å². The quantitative estimate of drug-likeness (QED) is 0.390. The summed E-state index contributed by atoms with van der Waals surface area (Å²) in [6, 6.07) is 8.18. The Labute approximate surface area is 188 Å². The van der Waals surface area contributed by atoms with E-state index in [1.165, 1.54) is 0 Å². The van der Waals surface area contributed by atoms with Crippen LogP contribution in [0.4, 0.5) is 4.39 Å². The molecule has 0 bridgehead atoms. The molecule has 0 aliphatic heterocycles. The largest absolute Gasteiger partial charge is 0.475 e. The highest BCUT2D eigenvalue weighted by Crippen LogP contribution is 2.38. The van der Waals surface area contributed by atoms with Gasteiger partial charge in [-0.15, -0.1) is 0 Å². The van der Waals surface area contributed by atoms with Crippen molar-refractivity contribution in [3.8, 4) is 11.5 Å². The highest BCUT2D eigenvalue weighted by atomic mass is 79.9. The lowest BCUT2D eigenvalue weighted by atomic mass is 10.1. The Bertz CT molecular complexity index is 1090. The molecule has 3 aromatic rings. The summed E-state index contributed by atoms with van der Waals surface area (Å²) in [5.74, 6) is -1.04. The third-order valence-electron chi connectivity index (χ3n) is 4.06. The summed E-state index contributed by atoms with van der Waals surface area (Å²) in [7, 11) is 0. The predicted octanol–water partition coefficient (Wildman–Crippen LogP) is 4.98. The Morgan fingerprint density at radius 2 is 1.90 bits per heavy atom. The van der Waals surface area contributed by atoms with E-state index in [1.807, 2.05) is 0 Å². The van der Waals surface area contributed by atoms with E-state index in [4.69, 9.17) is 9.84 Å². The lowest BCUT2D eigenvalue weighted by Crippen LogP contribution is -2.37. The maximum Gasteiger partial charge on any atom is 0.371 e. The van der Waals surface area contributed by atoms with Crippen LogP contribution in [0.25, 0.3) is 11.0 Å². The number of carboxylic acids is 1. The summed E-state index contributed by atoms with van der Waals surface area (Å²) in [4.78, 5) is 29.5. The van der Waals surface area contributed by atoms with Crippen molar-refractivity contribution in [1.82, 2.24) is 15.3 Å². The minimum atomic E-state index is -1.66. The number of nitrogens with zero attached hydrogens (tertiary/aromatic N) is 1. The van der Waals surface area contributed by atoms with Crippen molar-refractivity contribution in [2.45, 2.75) is 32.5 Å². The first-order valence-electron chi connectivity index (χ1n) is 8.97. The van der Waals surface area contributed by atoms with Crippen molar-refractivity contribution in [1.29, 1.82) is 0 Å². The van der Waals surface area contributed by atoms with Crippen LogP contribution in [0.15, 0.2) is 39.3 Å². The highest BCUT2D eigenvalue weighted by Gasteiger charge is 2.20. The van der Waals surface area contributed by atoms with Crippen molar-refractivity contribution < 1.29 is 23.8 Å². The highest BCUT2D eigenvalue weighted by molar-refractivity contribution is 9.11. The third kappa shape index (κ3) is 5.17. The zero-order chi connectivity index (χ0) is 22.0. The number of carbonyl (C=O) groups excluding carboxylic acids is 1. The van der Waals surface area contributed by atoms with Gasteiger partial charge in [0.05, 0.1) is 20.0 Å². The van der Waals surface area contributed by atoms with Crippen LogP contribution in [-0.4, -0.2) is 39.2 Å². The van der Waals surface area contributed by atoms with Gasteiger partial charge in [-0.05, 0) is 75.5 Å². The lowest BCUT2D eigenvalue weighted by Gasteiger charge is -2.14. The molecule has 1 unspecified atom stereocenters. The molecule has 3 rings (SSSR count). The van der Waals surface area contributed by atoms with Crippen molar-refractivity contribution in [2.24, 2.45) is 0 Å². The minimum absolute atomic E-state index is 0.0753.